The van der Waals surface area contributed by atoms with Crippen molar-refractivity contribution in [3.8, 4) is 5.69 Å². The fourth-order valence-corrected chi connectivity index (χ4v) is 5.28. The van der Waals surface area contributed by atoms with Crippen LogP contribution in [0.5, 0.6) is 0 Å². The lowest BCUT2D eigenvalue weighted by molar-refractivity contribution is 0.398. The Morgan fingerprint density at radius 3 is 1.65 bits per heavy atom. The number of hydrogen-bond donors (Lipinski definition) is 3. The van der Waals surface area contributed by atoms with Gasteiger partial charge < -0.3 is 16.0 Å². The van der Waals surface area contributed by atoms with Gasteiger partial charge in [0.05, 0.1) is 23.2 Å². The predicted octanol–water partition coefficient (Wildman–Crippen LogP) is 6.77. The van der Waals surface area contributed by atoms with Crippen molar-refractivity contribution in [1.82, 2.24) is 9.88 Å². The zero-order valence-corrected chi connectivity index (χ0v) is 20.5. The maximum Gasteiger partial charge on any atom is 0.0815 e. The van der Waals surface area contributed by atoms with Crippen LogP contribution in [0.1, 0.15) is 34.9 Å². The van der Waals surface area contributed by atoms with Crippen LogP contribution in [0.25, 0.3) is 27.5 Å². The second-order valence-corrected chi connectivity index (χ2v) is 9.43. The number of aromatic nitrogens is 1. The number of nitrogens with one attached hydrogen (secondary N) is 1. The molecule has 2 unspecified atom stereocenters. The van der Waals surface area contributed by atoms with E-state index in [0.29, 0.717) is 0 Å². The van der Waals surface area contributed by atoms with Crippen molar-refractivity contribution in [2.24, 2.45) is 11.5 Å². The number of fused-ring (bicyclic) bond motifs is 3. The Morgan fingerprint density at radius 2 is 1.03 bits per heavy atom. The summed E-state index contributed by atoms with van der Waals surface area (Å²) in [6.07, 6.45) is -0.349. The molecular weight excluding hydrogens is 452 g/mol. The van der Waals surface area contributed by atoms with Crippen molar-refractivity contribution in [1.29, 1.82) is 0 Å². The SMILES string of the molecule is NC(NC(c1ccccc1)[C@@H](N)c1cccc(-n2c3ccccc3c3ccccc32)c1)c1ccccc1. The molecule has 0 aliphatic carbocycles. The summed E-state index contributed by atoms with van der Waals surface area (Å²) in [6, 6.07) is 45.5. The number of para-hydroxylation sites is 2. The fourth-order valence-electron chi connectivity index (χ4n) is 5.28. The topological polar surface area (TPSA) is 69.0 Å². The molecule has 5 aromatic carbocycles. The highest BCUT2D eigenvalue weighted by molar-refractivity contribution is 6.09. The molecular formula is C33H30N4. The first kappa shape index (κ1) is 23.2. The first-order chi connectivity index (χ1) is 18.2. The molecule has 0 bridgehead atoms. The monoisotopic (exact) mass is 482 g/mol. The van der Waals surface area contributed by atoms with Gasteiger partial charge in [0.25, 0.3) is 0 Å². The zero-order valence-electron chi connectivity index (χ0n) is 20.5. The molecule has 182 valence electrons. The average molecular weight is 483 g/mol. The van der Waals surface area contributed by atoms with Gasteiger partial charge in [-0.2, -0.15) is 0 Å². The van der Waals surface area contributed by atoms with E-state index in [9.17, 15) is 0 Å². The van der Waals surface area contributed by atoms with Crippen LogP contribution < -0.4 is 16.8 Å². The predicted molar refractivity (Wildman–Crippen MR) is 153 cm³/mol. The highest BCUT2D eigenvalue weighted by Crippen LogP contribution is 2.34. The molecule has 1 heterocycles. The van der Waals surface area contributed by atoms with E-state index < -0.39 is 0 Å². The molecule has 3 atom stereocenters. The summed E-state index contributed by atoms with van der Waals surface area (Å²) in [6.45, 7) is 0. The molecule has 0 amide bonds. The van der Waals surface area contributed by atoms with E-state index in [1.54, 1.807) is 0 Å². The third-order valence-electron chi connectivity index (χ3n) is 7.13. The minimum absolute atomic E-state index is 0.176. The Bertz CT molecular complexity index is 1590. The highest BCUT2D eigenvalue weighted by atomic mass is 15.1. The molecule has 0 saturated heterocycles. The van der Waals surface area contributed by atoms with Crippen LogP contribution in [-0.4, -0.2) is 4.57 Å². The van der Waals surface area contributed by atoms with Crippen LogP contribution >= 0.6 is 0 Å². The maximum atomic E-state index is 7.02. The van der Waals surface area contributed by atoms with Crippen LogP contribution in [0.3, 0.4) is 0 Å². The van der Waals surface area contributed by atoms with Crippen molar-refractivity contribution < 1.29 is 0 Å². The molecule has 4 nitrogen and oxygen atoms in total. The second-order valence-electron chi connectivity index (χ2n) is 9.43. The first-order valence-corrected chi connectivity index (χ1v) is 12.7. The third kappa shape index (κ3) is 4.43. The highest BCUT2D eigenvalue weighted by Gasteiger charge is 2.24. The van der Waals surface area contributed by atoms with Crippen LogP contribution in [0, 0.1) is 0 Å². The van der Waals surface area contributed by atoms with E-state index in [-0.39, 0.29) is 18.2 Å². The summed E-state index contributed by atoms with van der Waals surface area (Å²) in [5.41, 5.74) is 20.2. The van der Waals surface area contributed by atoms with Crippen molar-refractivity contribution in [3.05, 3.63) is 150 Å². The van der Waals surface area contributed by atoms with Crippen LogP contribution in [0.4, 0.5) is 0 Å². The molecule has 5 N–H and O–H groups in total. The minimum Gasteiger partial charge on any atom is -0.322 e. The number of nitrogens with zero attached hydrogens (tertiary/aromatic N) is 1. The van der Waals surface area contributed by atoms with Gasteiger partial charge in [0.1, 0.15) is 0 Å². The molecule has 0 aliphatic rings. The van der Waals surface area contributed by atoms with Gasteiger partial charge >= 0.3 is 0 Å². The first-order valence-electron chi connectivity index (χ1n) is 12.7. The van der Waals surface area contributed by atoms with Gasteiger partial charge in [0.15, 0.2) is 0 Å². The minimum atomic E-state index is -0.349. The number of benzene rings is 5. The van der Waals surface area contributed by atoms with Crippen LogP contribution in [0.15, 0.2) is 133 Å². The molecule has 37 heavy (non-hydrogen) atoms. The summed E-state index contributed by atoms with van der Waals surface area (Å²) >= 11 is 0. The Labute approximate surface area is 217 Å². The van der Waals surface area contributed by atoms with Gasteiger partial charge in [-0.05, 0) is 41.0 Å². The lowest BCUT2D eigenvalue weighted by atomic mass is 9.93. The summed E-state index contributed by atoms with van der Waals surface area (Å²) in [5.74, 6) is 0. The average Bonchev–Trinajstić information content (AvgIpc) is 3.31. The summed E-state index contributed by atoms with van der Waals surface area (Å²) in [7, 11) is 0. The zero-order chi connectivity index (χ0) is 25.2. The second kappa shape index (κ2) is 10.0. The van der Waals surface area contributed by atoms with Gasteiger partial charge in [-0.25, -0.2) is 0 Å². The van der Waals surface area contributed by atoms with E-state index in [0.717, 1.165) is 22.4 Å². The third-order valence-corrected chi connectivity index (χ3v) is 7.13. The Hall–Kier alpha value is -4.22. The number of rotatable bonds is 7. The summed E-state index contributed by atoms with van der Waals surface area (Å²) < 4.78 is 2.32. The number of hydrogen-bond acceptors (Lipinski definition) is 3. The summed E-state index contributed by atoms with van der Waals surface area (Å²) in [5, 5.41) is 6.09. The van der Waals surface area contributed by atoms with Crippen molar-refractivity contribution >= 4 is 21.8 Å². The lowest BCUT2D eigenvalue weighted by Gasteiger charge is -2.29. The van der Waals surface area contributed by atoms with E-state index in [1.165, 1.54) is 21.8 Å². The van der Waals surface area contributed by atoms with Crippen molar-refractivity contribution in [3.63, 3.8) is 0 Å². The molecule has 0 fully saturated rings. The van der Waals surface area contributed by atoms with Crippen LogP contribution in [0.2, 0.25) is 0 Å². The number of nitrogens with two attached hydrogens (primary N) is 2. The standard InChI is InChI=1S/C33H30N4/c34-31(32(23-12-3-1-4-13-23)36-33(35)24-14-5-2-6-15-24)25-16-11-17-26(22-25)37-29-20-9-7-18-27(29)28-19-8-10-21-30(28)37/h1-22,31-33,36H,34-35H2/t31-,32?,33?/m0/s1. The smallest absolute Gasteiger partial charge is 0.0815 e. The van der Waals surface area contributed by atoms with Gasteiger partial charge in [-0.1, -0.05) is 109 Å². The van der Waals surface area contributed by atoms with Crippen molar-refractivity contribution in [2.75, 3.05) is 0 Å². The molecule has 6 rings (SSSR count). The van der Waals surface area contributed by atoms with Crippen LogP contribution in [-0.2, 0) is 0 Å². The molecule has 0 aliphatic heterocycles. The van der Waals surface area contributed by atoms with E-state index in [4.69, 9.17) is 11.5 Å². The van der Waals surface area contributed by atoms with Crippen molar-refractivity contribution in [2.45, 2.75) is 18.2 Å². The van der Waals surface area contributed by atoms with Gasteiger partial charge in [-0.15, -0.1) is 0 Å². The molecule has 6 aromatic rings. The normalized spacial score (nSPS) is 14.0. The van der Waals surface area contributed by atoms with Gasteiger partial charge in [0.2, 0.25) is 0 Å². The van der Waals surface area contributed by atoms with E-state index >= 15 is 0 Å². The summed E-state index contributed by atoms with van der Waals surface area (Å²) in [4.78, 5) is 0. The molecule has 0 radical (unpaired) electrons. The van der Waals surface area contributed by atoms with E-state index in [1.807, 2.05) is 48.5 Å². The fraction of sp³-hybridized carbons (Fsp3) is 0.0909. The Kier molecular flexibility index (Phi) is 6.29. The van der Waals surface area contributed by atoms with E-state index in [2.05, 4.69) is 94.8 Å². The molecule has 4 heteroatoms. The van der Waals surface area contributed by atoms with Gasteiger partial charge in [-0.3, -0.25) is 5.32 Å². The Balaban J connectivity index is 1.42. The maximum absolute atomic E-state index is 7.02. The largest absolute Gasteiger partial charge is 0.322 e. The van der Waals surface area contributed by atoms with Gasteiger partial charge in [0, 0.05) is 22.5 Å². The molecule has 1 aromatic heterocycles. The lowest BCUT2D eigenvalue weighted by Crippen LogP contribution is -2.38. The molecule has 0 saturated carbocycles. The quantitative estimate of drug-likeness (QED) is 0.220. The Morgan fingerprint density at radius 1 is 0.514 bits per heavy atom. The molecule has 0 spiro atoms.